The van der Waals surface area contributed by atoms with Crippen molar-refractivity contribution in [3.63, 3.8) is 0 Å². The van der Waals surface area contributed by atoms with Crippen molar-refractivity contribution in [2.24, 2.45) is 0 Å². The molecule has 0 saturated carbocycles. The van der Waals surface area contributed by atoms with E-state index in [1.54, 1.807) is 12.1 Å². The quantitative estimate of drug-likeness (QED) is 0.627. The number of carbonyl (C=O) groups excluding carboxylic acids is 1. The van der Waals surface area contributed by atoms with Gasteiger partial charge in [-0.05, 0) is 49.2 Å². The van der Waals surface area contributed by atoms with E-state index in [0.717, 1.165) is 18.9 Å². The maximum absolute atomic E-state index is 12.8. The number of amides is 1. The fourth-order valence-electron chi connectivity index (χ4n) is 3.44. The maximum Gasteiger partial charge on any atom is 0.337 e. The average Bonchev–Trinajstić information content (AvgIpc) is 3.29. The first-order chi connectivity index (χ1) is 14.4. The number of ether oxygens (including phenoxy) is 1. The van der Waals surface area contributed by atoms with Crippen LogP contribution in [0.25, 0.3) is 11.0 Å². The van der Waals surface area contributed by atoms with Gasteiger partial charge in [0.15, 0.2) is 0 Å². The van der Waals surface area contributed by atoms with E-state index < -0.39 is 21.6 Å². The summed E-state index contributed by atoms with van der Waals surface area (Å²) in [4.78, 5) is 24.8. The Kier molecular flexibility index (Phi) is 5.31. The minimum absolute atomic E-state index is 0.151. The second-order valence-electron chi connectivity index (χ2n) is 6.93. The number of anilines is 1. The number of nitrogens with zero attached hydrogens (tertiary/aromatic N) is 1. The van der Waals surface area contributed by atoms with Gasteiger partial charge in [-0.1, -0.05) is 0 Å². The number of sulfonamides is 1. The molecule has 1 fully saturated rings. The highest BCUT2D eigenvalue weighted by atomic mass is 32.2. The predicted octanol–water partition coefficient (Wildman–Crippen LogP) is 2.84. The summed E-state index contributed by atoms with van der Waals surface area (Å²) in [6.45, 7) is 1.05. The number of fused-ring (bicyclic) bond motifs is 1. The third-order valence-corrected chi connectivity index (χ3v) is 6.92. The Labute approximate surface area is 173 Å². The molecule has 0 aliphatic carbocycles. The number of nitrogens with one attached hydrogen (secondary N) is 1. The van der Waals surface area contributed by atoms with Crippen molar-refractivity contribution in [1.29, 1.82) is 0 Å². The molecule has 0 bridgehead atoms. The topological polar surface area (TPSA) is 106 Å². The lowest BCUT2D eigenvalue weighted by Crippen LogP contribution is -2.27. The number of methoxy groups -OCH3 is 1. The number of carbonyl (C=O) groups is 1. The molecule has 4 rings (SSSR count). The molecule has 0 spiro atoms. The molecule has 1 aromatic heterocycles. The number of benzene rings is 2. The maximum atomic E-state index is 12.8. The van der Waals surface area contributed by atoms with Crippen molar-refractivity contribution in [3.05, 3.63) is 64.5 Å². The molecule has 0 atom stereocenters. The SMILES string of the molecule is COc1ccc2c(C(=O)Nc3ccc(S(=O)(=O)N4CCCC4)cc3)cc(=O)oc2c1. The van der Waals surface area contributed by atoms with Crippen LogP contribution in [0.2, 0.25) is 0 Å². The lowest BCUT2D eigenvalue weighted by atomic mass is 10.1. The average molecular weight is 428 g/mol. The molecule has 8 nitrogen and oxygen atoms in total. The predicted molar refractivity (Wildman–Crippen MR) is 111 cm³/mol. The van der Waals surface area contributed by atoms with Gasteiger partial charge in [0.1, 0.15) is 11.3 Å². The van der Waals surface area contributed by atoms with Gasteiger partial charge in [0.25, 0.3) is 5.91 Å². The highest BCUT2D eigenvalue weighted by Crippen LogP contribution is 2.25. The molecule has 2 heterocycles. The highest BCUT2D eigenvalue weighted by Gasteiger charge is 2.27. The summed E-state index contributed by atoms with van der Waals surface area (Å²) in [7, 11) is -2.03. The minimum Gasteiger partial charge on any atom is -0.497 e. The normalized spacial score (nSPS) is 14.7. The molecule has 1 aliphatic heterocycles. The summed E-state index contributed by atoms with van der Waals surface area (Å²) in [6, 6.07) is 11.9. The Morgan fingerprint density at radius 2 is 1.77 bits per heavy atom. The van der Waals surface area contributed by atoms with Gasteiger partial charge in [-0.25, -0.2) is 13.2 Å². The van der Waals surface area contributed by atoms with Gasteiger partial charge < -0.3 is 14.5 Å². The number of hydrogen-bond donors (Lipinski definition) is 1. The molecule has 0 radical (unpaired) electrons. The van der Waals surface area contributed by atoms with Crippen molar-refractivity contribution in [1.82, 2.24) is 4.31 Å². The van der Waals surface area contributed by atoms with Crippen LogP contribution in [-0.4, -0.2) is 38.8 Å². The van der Waals surface area contributed by atoms with Crippen LogP contribution in [0, 0.1) is 0 Å². The van der Waals surface area contributed by atoms with Crippen LogP contribution in [-0.2, 0) is 10.0 Å². The van der Waals surface area contributed by atoms with Crippen LogP contribution in [0.5, 0.6) is 5.75 Å². The fraction of sp³-hybridized carbons (Fsp3) is 0.238. The first kappa shape index (κ1) is 20.1. The zero-order chi connectivity index (χ0) is 21.3. The third-order valence-electron chi connectivity index (χ3n) is 5.01. The summed E-state index contributed by atoms with van der Waals surface area (Å²) < 4.78 is 37.0. The van der Waals surface area contributed by atoms with E-state index in [0.29, 0.717) is 29.9 Å². The Morgan fingerprint density at radius 3 is 2.43 bits per heavy atom. The molecule has 1 N–H and O–H groups in total. The second kappa shape index (κ2) is 7.92. The van der Waals surface area contributed by atoms with Crippen molar-refractivity contribution in [3.8, 4) is 5.75 Å². The Bertz CT molecular complexity index is 1260. The highest BCUT2D eigenvalue weighted by molar-refractivity contribution is 7.89. The first-order valence-corrected chi connectivity index (χ1v) is 10.9. The van der Waals surface area contributed by atoms with E-state index in [9.17, 15) is 18.0 Å². The first-order valence-electron chi connectivity index (χ1n) is 9.42. The molecule has 2 aromatic carbocycles. The Morgan fingerprint density at radius 1 is 1.07 bits per heavy atom. The van der Waals surface area contributed by atoms with Gasteiger partial charge >= 0.3 is 5.63 Å². The fourth-order valence-corrected chi connectivity index (χ4v) is 4.96. The van der Waals surface area contributed by atoms with Gasteiger partial charge in [-0.15, -0.1) is 0 Å². The summed E-state index contributed by atoms with van der Waals surface area (Å²) in [6.07, 6.45) is 1.72. The van der Waals surface area contributed by atoms with E-state index in [-0.39, 0.29) is 16.0 Å². The Hall–Kier alpha value is -3.17. The van der Waals surface area contributed by atoms with Crippen molar-refractivity contribution < 1.29 is 22.4 Å². The van der Waals surface area contributed by atoms with Crippen LogP contribution in [0.15, 0.2) is 62.6 Å². The van der Waals surface area contributed by atoms with Crippen LogP contribution >= 0.6 is 0 Å². The molecule has 0 unspecified atom stereocenters. The van der Waals surface area contributed by atoms with E-state index >= 15 is 0 Å². The number of hydrogen-bond acceptors (Lipinski definition) is 6. The molecule has 1 aliphatic rings. The van der Waals surface area contributed by atoms with Crippen molar-refractivity contribution in [2.75, 3.05) is 25.5 Å². The second-order valence-corrected chi connectivity index (χ2v) is 8.87. The monoisotopic (exact) mass is 428 g/mol. The van der Waals surface area contributed by atoms with E-state index in [4.69, 9.17) is 9.15 Å². The minimum atomic E-state index is -3.52. The van der Waals surface area contributed by atoms with Gasteiger partial charge in [-0.3, -0.25) is 4.79 Å². The molecule has 1 saturated heterocycles. The lowest BCUT2D eigenvalue weighted by Gasteiger charge is -2.15. The smallest absolute Gasteiger partial charge is 0.337 e. The van der Waals surface area contributed by atoms with E-state index in [1.165, 1.54) is 41.7 Å². The molecular weight excluding hydrogens is 408 g/mol. The van der Waals surface area contributed by atoms with Gasteiger partial charge in [0.05, 0.1) is 17.6 Å². The molecule has 3 aromatic rings. The van der Waals surface area contributed by atoms with Gasteiger partial charge in [0.2, 0.25) is 10.0 Å². The Balaban J connectivity index is 1.59. The zero-order valence-corrected chi connectivity index (χ0v) is 17.1. The molecule has 9 heteroatoms. The van der Waals surface area contributed by atoms with Crippen LogP contribution in [0.3, 0.4) is 0 Å². The lowest BCUT2D eigenvalue weighted by molar-refractivity contribution is 0.102. The van der Waals surface area contributed by atoms with Crippen molar-refractivity contribution >= 4 is 32.6 Å². The summed E-state index contributed by atoms with van der Waals surface area (Å²) in [5, 5.41) is 3.15. The number of rotatable bonds is 5. The standard InChI is InChI=1S/C21H20N2O6S/c1-28-15-6-9-17-18(13-20(24)29-19(17)12-15)21(25)22-14-4-7-16(8-5-14)30(26,27)23-10-2-3-11-23/h4-9,12-13H,2-3,10-11H2,1H3,(H,22,25). The van der Waals surface area contributed by atoms with Crippen LogP contribution in [0.4, 0.5) is 5.69 Å². The zero-order valence-electron chi connectivity index (χ0n) is 16.3. The molecule has 1 amide bonds. The summed E-state index contributed by atoms with van der Waals surface area (Å²) in [5.74, 6) is -0.00812. The van der Waals surface area contributed by atoms with Crippen LogP contribution < -0.4 is 15.7 Å². The van der Waals surface area contributed by atoms with Crippen molar-refractivity contribution in [2.45, 2.75) is 17.7 Å². The van der Waals surface area contributed by atoms with E-state index in [1.807, 2.05) is 0 Å². The third kappa shape index (κ3) is 3.81. The van der Waals surface area contributed by atoms with Gasteiger partial charge in [0, 0.05) is 36.3 Å². The largest absolute Gasteiger partial charge is 0.497 e. The summed E-state index contributed by atoms with van der Waals surface area (Å²) >= 11 is 0. The molecule has 156 valence electrons. The van der Waals surface area contributed by atoms with E-state index in [2.05, 4.69) is 5.32 Å². The van der Waals surface area contributed by atoms with Gasteiger partial charge in [-0.2, -0.15) is 4.31 Å². The van der Waals surface area contributed by atoms with Crippen LogP contribution in [0.1, 0.15) is 23.2 Å². The molecule has 30 heavy (non-hydrogen) atoms. The summed E-state index contributed by atoms with van der Waals surface area (Å²) in [5.41, 5.74) is 0.139. The molecular formula is C21H20N2O6S.